The van der Waals surface area contributed by atoms with E-state index in [1.165, 1.54) is 0 Å². The molecule has 0 spiro atoms. The highest BCUT2D eigenvalue weighted by molar-refractivity contribution is 7.91. The van der Waals surface area contributed by atoms with E-state index in [0.717, 1.165) is 10.9 Å². The van der Waals surface area contributed by atoms with E-state index >= 15 is 0 Å². The fourth-order valence-electron chi connectivity index (χ4n) is 3.17. The van der Waals surface area contributed by atoms with Crippen molar-refractivity contribution in [1.82, 2.24) is 9.88 Å². The van der Waals surface area contributed by atoms with E-state index < -0.39 is 9.84 Å². The summed E-state index contributed by atoms with van der Waals surface area (Å²) in [6, 6.07) is 7.75. The highest BCUT2D eigenvalue weighted by atomic mass is 32.2. The molecule has 0 aliphatic carbocycles. The van der Waals surface area contributed by atoms with E-state index in [1.54, 1.807) is 7.11 Å². The maximum absolute atomic E-state index is 12.6. The van der Waals surface area contributed by atoms with Gasteiger partial charge in [-0.1, -0.05) is 18.2 Å². The van der Waals surface area contributed by atoms with Crippen molar-refractivity contribution in [1.29, 1.82) is 0 Å². The average Bonchev–Trinajstić information content (AvgIpc) is 3.11. The summed E-state index contributed by atoms with van der Waals surface area (Å²) in [4.78, 5) is 12.6. The first-order chi connectivity index (χ1) is 11.5. The topological polar surface area (TPSA) is 77.4 Å². The first-order valence-electron chi connectivity index (χ1n) is 8.05. The molecule has 1 aliphatic rings. The summed E-state index contributed by atoms with van der Waals surface area (Å²) in [5.74, 6) is 0.250. The lowest BCUT2D eigenvalue weighted by molar-refractivity contribution is 0.0949. The predicted octanol–water partition coefficient (Wildman–Crippen LogP) is 1.45. The zero-order chi connectivity index (χ0) is 17.2. The Morgan fingerprint density at radius 2 is 2.17 bits per heavy atom. The number of benzene rings is 1. The molecule has 2 aromatic rings. The van der Waals surface area contributed by atoms with Gasteiger partial charge in [0, 0.05) is 37.3 Å². The molecule has 3 rings (SSSR count). The smallest absolute Gasteiger partial charge is 0.253 e. The lowest BCUT2D eigenvalue weighted by Gasteiger charge is -2.09. The van der Waals surface area contributed by atoms with Crippen LogP contribution >= 0.6 is 0 Å². The lowest BCUT2D eigenvalue weighted by atomic mass is 10.1. The number of aromatic nitrogens is 1. The van der Waals surface area contributed by atoms with Crippen LogP contribution < -0.4 is 5.32 Å². The molecule has 2 heterocycles. The van der Waals surface area contributed by atoms with Crippen LogP contribution in [0.15, 0.2) is 30.5 Å². The average molecular weight is 350 g/mol. The minimum Gasteiger partial charge on any atom is -0.383 e. The van der Waals surface area contributed by atoms with Crippen LogP contribution in [0.1, 0.15) is 16.8 Å². The van der Waals surface area contributed by atoms with Crippen LogP contribution in [0, 0.1) is 5.92 Å². The highest BCUT2D eigenvalue weighted by Crippen LogP contribution is 2.22. The minimum atomic E-state index is -2.92. The van der Waals surface area contributed by atoms with Crippen molar-refractivity contribution >= 4 is 26.6 Å². The van der Waals surface area contributed by atoms with Crippen LogP contribution in [0.2, 0.25) is 0 Å². The van der Waals surface area contributed by atoms with E-state index in [9.17, 15) is 13.2 Å². The molecule has 1 aromatic heterocycles. The summed E-state index contributed by atoms with van der Waals surface area (Å²) >= 11 is 0. The Kier molecular flexibility index (Phi) is 4.91. The molecule has 1 amide bonds. The molecule has 0 radical (unpaired) electrons. The number of carbonyl (C=O) groups is 1. The fraction of sp³-hybridized carbons (Fsp3) is 0.471. The number of rotatable bonds is 6. The van der Waals surface area contributed by atoms with Crippen LogP contribution in [-0.4, -0.2) is 50.7 Å². The van der Waals surface area contributed by atoms with Crippen LogP contribution in [0.4, 0.5) is 0 Å². The molecule has 0 bridgehead atoms. The van der Waals surface area contributed by atoms with Gasteiger partial charge in [-0.2, -0.15) is 0 Å². The van der Waals surface area contributed by atoms with E-state index in [1.807, 2.05) is 35.0 Å². The van der Waals surface area contributed by atoms with Crippen LogP contribution in [0.5, 0.6) is 0 Å². The van der Waals surface area contributed by atoms with Gasteiger partial charge in [0.1, 0.15) is 0 Å². The van der Waals surface area contributed by atoms with Gasteiger partial charge in [-0.05, 0) is 18.4 Å². The van der Waals surface area contributed by atoms with Gasteiger partial charge < -0.3 is 14.6 Å². The third-order valence-corrected chi connectivity index (χ3v) is 6.28. The number of para-hydroxylation sites is 1. The normalized spacial score (nSPS) is 19.6. The molecular formula is C17H22N2O4S. The molecule has 1 aliphatic heterocycles. The Hall–Kier alpha value is -1.86. The zero-order valence-corrected chi connectivity index (χ0v) is 14.5. The molecule has 0 unspecified atom stereocenters. The van der Waals surface area contributed by atoms with Gasteiger partial charge in [0.25, 0.3) is 5.91 Å². The SMILES string of the molecule is COCCn1cc(C(=O)NC[C@H]2CCS(=O)(=O)C2)c2ccccc21. The molecule has 6 nitrogen and oxygen atoms in total. The number of hydrogen-bond donors (Lipinski definition) is 1. The molecule has 1 atom stereocenters. The van der Waals surface area contributed by atoms with Crippen LogP contribution in [0.25, 0.3) is 10.9 Å². The first kappa shape index (κ1) is 17.0. The van der Waals surface area contributed by atoms with E-state index in [4.69, 9.17) is 4.74 Å². The fourth-order valence-corrected chi connectivity index (χ4v) is 5.03. The molecule has 130 valence electrons. The maximum atomic E-state index is 12.6. The van der Waals surface area contributed by atoms with Crippen molar-refractivity contribution in [2.24, 2.45) is 5.92 Å². The number of nitrogens with one attached hydrogen (secondary N) is 1. The van der Waals surface area contributed by atoms with Gasteiger partial charge in [-0.25, -0.2) is 8.42 Å². The van der Waals surface area contributed by atoms with Crippen molar-refractivity contribution in [3.63, 3.8) is 0 Å². The quantitative estimate of drug-likeness (QED) is 0.855. The standard InChI is InChI=1S/C17H22N2O4S/c1-23-8-7-19-11-15(14-4-2-3-5-16(14)19)17(20)18-10-13-6-9-24(21,22)12-13/h2-5,11,13H,6-10,12H2,1H3,(H,18,20)/t13-/m1/s1. The van der Waals surface area contributed by atoms with Crippen molar-refractivity contribution in [3.8, 4) is 0 Å². The second kappa shape index (κ2) is 6.94. The number of fused-ring (bicyclic) bond motifs is 1. The number of amides is 1. The second-order valence-electron chi connectivity index (χ2n) is 6.23. The van der Waals surface area contributed by atoms with Gasteiger partial charge in [-0.15, -0.1) is 0 Å². The Labute approximate surface area is 141 Å². The Morgan fingerprint density at radius 3 is 2.88 bits per heavy atom. The monoisotopic (exact) mass is 350 g/mol. The summed E-state index contributed by atoms with van der Waals surface area (Å²) in [6.45, 7) is 1.64. The molecule has 0 saturated carbocycles. The molecule has 7 heteroatoms. The summed E-state index contributed by atoms with van der Waals surface area (Å²) in [6.07, 6.45) is 2.46. The summed E-state index contributed by atoms with van der Waals surface area (Å²) < 4.78 is 30.1. The molecule has 1 saturated heterocycles. The van der Waals surface area contributed by atoms with Crippen molar-refractivity contribution in [2.45, 2.75) is 13.0 Å². The van der Waals surface area contributed by atoms with Gasteiger partial charge in [0.05, 0.1) is 23.7 Å². The summed E-state index contributed by atoms with van der Waals surface area (Å²) in [7, 11) is -1.27. The van der Waals surface area contributed by atoms with E-state index in [0.29, 0.717) is 31.7 Å². The molecular weight excluding hydrogens is 328 g/mol. The van der Waals surface area contributed by atoms with Gasteiger partial charge in [-0.3, -0.25) is 4.79 Å². The van der Waals surface area contributed by atoms with Crippen molar-refractivity contribution in [3.05, 3.63) is 36.0 Å². The van der Waals surface area contributed by atoms with Crippen molar-refractivity contribution in [2.75, 3.05) is 31.8 Å². The third-order valence-electron chi connectivity index (χ3n) is 4.45. The van der Waals surface area contributed by atoms with Crippen LogP contribution in [-0.2, 0) is 21.1 Å². The summed E-state index contributed by atoms with van der Waals surface area (Å²) in [5, 5.41) is 3.79. The van der Waals surface area contributed by atoms with E-state index in [2.05, 4.69) is 5.32 Å². The molecule has 1 fully saturated rings. The van der Waals surface area contributed by atoms with E-state index in [-0.39, 0.29) is 23.3 Å². The third kappa shape index (κ3) is 3.62. The van der Waals surface area contributed by atoms with Crippen LogP contribution in [0.3, 0.4) is 0 Å². The predicted molar refractivity (Wildman–Crippen MR) is 92.9 cm³/mol. The second-order valence-corrected chi connectivity index (χ2v) is 8.45. The molecule has 24 heavy (non-hydrogen) atoms. The number of nitrogens with zero attached hydrogens (tertiary/aromatic N) is 1. The van der Waals surface area contributed by atoms with Gasteiger partial charge in [0.2, 0.25) is 0 Å². The number of sulfone groups is 1. The number of carbonyl (C=O) groups excluding carboxylic acids is 1. The molecule has 1 N–H and O–H groups in total. The summed E-state index contributed by atoms with van der Waals surface area (Å²) in [5.41, 5.74) is 1.60. The highest BCUT2D eigenvalue weighted by Gasteiger charge is 2.28. The Bertz CT molecular complexity index is 841. The zero-order valence-electron chi connectivity index (χ0n) is 13.7. The number of hydrogen-bond acceptors (Lipinski definition) is 4. The number of ether oxygens (including phenoxy) is 1. The van der Waals surface area contributed by atoms with Gasteiger partial charge in [0.15, 0.2) is 9.84 Å². The number of methoxy groups -OCH3 is 1. The Balaban J connectivity index is 1.75. The largest absolute Gasteiger partial charge is 0.383 e. The lowest BCUT2D eigenvalue weighted by Crippen LogP contribution is -2.29. The van der Waals surface area contributed by atoms with Gasteiger partial charge >= 0.3 is 0 Å². The first-order valence-corrected chi connectivity index (χ1v) is 9.88. The van der Waals surface area contributed by atoms with Crippen molar-refractivity contribution < 1.29 is 17.9 Å². The molecule has 1 aromatic carbocycles. The maximum Gasteiger partial charge on any atom is 0.253 e. The Morgan fingerprint density at radius 1 is 1.38 bits per heavy atom. The minimum absolute atomic E-state index is 0.0146.